The number of fused-ring (bicyclic) bond motifs is 1. The lowest BCUT2D eigenvalue weighted by molar-refractivity contribution is 0.0696. The van der Waals surface area contributed by atoms with Crippen LogP contribution < -0.4 is 5.32 Å². The van der Waals surface area contributed by atoms with Crippen molar-refractivity contribution >= 4 is 22.6 Å². The maximum absolute atomic E-state index is 12.9. The van der Waals surface area contributed by atoms with Gasteiger partial charge in [-0.3, -0.25) is 14.5 Å². The molecule has 0 aliphatic rings. The van der Waals surface area contributed by atoms with Crippen molar-refractivity contribution in [2.45, 2.75) is 32.7 Å². The quantitative estimate of drug-likeness (QED) is 0.472. The average Bonchev–Trinajstić information content (AvgIpc) is 3.19. The highest BCUT2D eigenvalue weighted by atomic mass is 16.4. The molecule has 0 radical (unpaired) electrons. The van der Waals surface area contributed by atoms with Gasteiger partial charge in [-0.2, -0.15) is 5.10 Å². The molecule has 0 fully saturated rings. The van der Waals surface area contributed by atoms with Gasteiger partial charge in [0, 0.05) is 36.8 Å². The van der Waals surface area contributed by atoms with Crippen LogP contribution in [0.25, 0.3) is 21.9 Å². The van der Waals surface area contributed by atoms with Crippen molar-refractivity contribution in [2.24, 2.45) is 7.05 Å². The number of aromatic carboxylic acids is 1. The molecule has 0 aliphatic heterocycles. The van der Waals surface area contributed by atoms with E-state index in [2.05, 4.69) is 36.2 Å². The van der Waals surface area contributed by atoms with E-state index < -0.39 is 5.97 Å². The second-order valence-corrected chi connectivity index (χ2v) is 9.05. The lowest BCUT2D eigenvalue weighted by Crippen LogP contribution is -2.25. The summed E-state index contributed by atoms with van der Waals surface area (Å²) in [5, 5.41) is 18.6. The van der Waals surface area contributed by atoms with Crippen LogP contribution in [0, 0.1) is 0 Å². The summed E-state index contributed by atoms with van der Waals surface area (Å²) in [5.74, 6) is -1.16. The molecular weight excluding hydrogens is 416 g/mol. The Bertz CT molecular complexity index is 1370. The number of hydrogen-bond acceptors (Lipinski definition) is 4. The maximum atomic E-state index is 12.9. The molecule has 33 heavy (non-hydrogen) atoms. The van der Waals surface area contributed by atoms with Crippen molar-refractivity contribution in [1.82, 2.24) is 20.1 Å². The Balaban J connectivity index is 1.64. The third-order valence-electron chi connectivity index (χ3n) is 5.65. The van der Waals surface area contributed by atoms with Crippen LogP contribution in [0.5, 0.6) is 0 Å². The van der Waals surface area contributed by atoms with Crippen LogP contribution in [0.15, 0.2) is 60.9 Å². The first-order chi connectivity index (χ1) is 15.6. The second-order valence-electron chi connectivity index (χ2n) is 9.05. The van der Waals surface area contributed by atoms with Crippen LogP contribution >= 0.6 is 0 Å². The predicted molar refractivity (Wildman–Crippen MR) is 127 cm³/mol. The molecule has 2 heterocycles. The molecule has 4 aromatic rings. The molecule has 0 atom stereocenters. The predicted octanol–water partition coefficient (Wildman–Crippen LogP) is 4.56. The summed E-state index contributed by atoms with van der Waals surface area (Å²) in [6.07, 6.45) is 3.47. The summed E-state index contributed by atoms with van der Waals surface area (Å²) in [6, 6.07) is 14.5. The Morgan fingerprint density at radius 3 is 2.55 bits per heavy atom. The molecule has 0 saturated carbocycles. The minimum atomic E-state index is -0.966. The van der Waals surface area contributed by atoms with E-state index in [9.17, 15) is 14.7 Å². The Labute approximate surface area is 192 Å². The Hall–Kier alpha value is -4.00. The fraction of sp³-hybridized carbons (Fsp3) is 0.231. The normalized spacial score (nSPS) is 11.5. The molecule has 2 aromatic carbocycles. The molecule has 0 bridgehead atoms. The van der Waals surface area contributed by atoms with Gasteiger partial charge in [0.2, 0.25) is 0 Å². The van der Waals surface area contributed by atoms with E-state index in [1.165, 1.54) is 0 Å². The van der Waals surface area contributed by atoms with E-state index in [-0.39, 0.29) is 16.9 Å². The summed E-state index contributed by atoms with van der Waals surface area (Å²) in [4.78, 5) is 28.5. The summed E-state index contributed by atoms with van der Waals surface area (Å²) < 4.78 is 1.61. The number of carboxylic acids is 1. The first-order valence-corrected chi connectivity index (χ1v) is 10.7. The highest BCUT2D eigenvalue weighted by Gasteiger charge is 2.21. The molecule has 2 N–H and O–H groups in total. The molecule has 1 amide bonds. The zero-order valence-electron chi connectivity index (χ0n) is 19.1. The number of rotatable bonds is 5. The number of aromatic nitrogens is 3. The van der Waals surface area contributed by atoms with Crippen LogP contribution in [0.4, 0.5) is 0 Å². The van der Waals surface area contributed by atoms with Crippen LogP contribution in [0.3, 0.4) is 0 Å². The molecule has 2 aromatic heterocycles. The summed E-state index contributed by atoms with van der Waals surface area (Å²) in [6.45, 7) is 6.50. The lowest BCUT2D eigenvalue weighted by atomic mass is 9.92. The Morgan fingerprint density at radius 1 is 1.06 bits per heavy atom. The lowest BCUT2D eigenvalue weighted by Gasteiger charge is -2.13. The van der Waals surface area contributed by atoms with Crippen molar-refractivity contribution < 1.29 is 14.7 Å². The van der Waals surface area contributed by atoms with Gasteiger partial charge in [0.15, 0.2) is 0 Å². The van der Waals surface area contributed by atoms with E-state index in [1.54, 1.807) is 42.3 Å². The van der Waals surface area contributed by atoms with E-state index >= 15 is 0 Å². The van der Waals surface area contributed by atoms with Crippen LogP contribution in [0.1, 0.15) is 52.9 Å². The fourth-order valence-corrected chi connectivity index (χ4v) is 3.79. The second kappa shape index (κ2) is 8.50. The number of hydrogen-bond donors (Lipinski definition) is 2. The van der Waals surface area contributed by atoms with Crippen LogP contribution in [-0.4, -0.2) is 31.7 Å². The third-order valence-corrected chi connectivity index (χ3v) is 5.65. The van der Waals surface area contributed by atoms with Gasteiger partial charge in [-0.15, -0.1) is 0 Å². The highest BCUT2D eigenvalue weighted by molar-refractivity contribution is 6.00. The number of carboxylic acid groups (broad SMARTS) is 1. The topological polar surface area (TPSA) is 97.1 Å². The third kappa shape index (κ3) is 4.48. The Morgan fingerprint density at radius 2 is 1.85 bits per heavy atom. The minimum absolute atomic E-state index is 0.147. The Kier molecular flexibility index (Phi) is 5.72. The number of amides is 1. The largest absolute Gasteiger partial charge is 0.478 e. The smallest absolute Gasteiger partial charge is 0.335 e. The van der Waals surface area contributed by atoms with Crippen molar-refractivity contribution in [3.63, 3.8) is 0 Å². The number of carbonyl (C=O) groups excluding carboxylic acids is 1. The number of nitrogens with zero attached hydrogens (tertiary/aromatic N) is 3. The monoisotopic (exact) mass is 442 g/mol. The zero-order chi connectivity index (χ0) is 23.8. The van der Waals surface area contributed by atoms with Gasteiger partial charge in [0.05, 0.1) is 11.3 Å². The van der Waals surface area contributed by atoms with Gasteiger partial charge in [-0.05, 0) is 46.3 Å². The van der Waals surface area contributed by atoms with Crippen molar-refractivity contribution in [3.8, 4) is 11.1 Å². The number of benzene rings is 2. The van der Waals surface area contributed by atoms with Crippen LogP contribution in [0.2, 0.25) is 0 Å². The fourth-order valence-electron chi connectivity index (χ4n) is 3.79. The zero-order valence-corrected chi connectivity index (χ0v) is 19.1. The summed E-state index contributed by atoms with van der Waals surface area (Å²) in [5.41, 5.74) is 4.09. The molecular formula is C26H26N4O3. The van der Waals surface area contributed by atoms with E-state index in [0.29, 0.717) is 12.2 Å². The van der Waals surface area contributed by atoms with Crippen molar-refractivity contribution in [3.05, 3.63) is 83.4 Å². The van der Waals surface area contributed by atoms with Crippen molar-refractivity contribution in [2.75, 3.05) is 0 Å². The molecule has 0 unspecified atom stereocenters. The van der Waals surface area contributed by atoms with Gasteiger partial charge in [-0.25, -0.2) is 4.79 Å². The number of nitrogens with one attached hydrogen (secondary N) is 1. The molecule has 7 heteroatoms. The summed E-state index contributed by atoms with van der Waals surface area (Å²) in [7, 11) is 1.77. The van der Waals surface area contributed by atoms with Crippen molar-refractivity contribution in [1.29, 1.82) is 0 Å². The first-order valence-electron chi connectivity index (χ1n) is 10.7. The van der Waals surface area contributed by atoms with Gasteiger partial charge < -0.3 is 10.4 Å². The molecule has 0 spiro atoms. The van der Waals surface area contributed by atoms with E-state index in [1.807, 2.05) is 30.3 Å². The molecule has 0 saturated heterocycles. The minimum Gasteiger partial charge on any atom is -0.478 e. The number of aryl methyl sites for hydroxylation is 1. The van der Waals surface area contributed by atoms with Gasteiger partial charge in [0.1, 0.15) is 5.69 Å². The molecule has 7 nitrogen and oxygen atoms in total. The standard InChI is InChI=1S/C26H26N4O3/c1-26(2,3)23-13-22(30(4)29-23)24(31)28-14-18-8-9-19(20-10-11-27-15-21(18)20)16-6-5-7-17(12-16)25(32)33/h5-13,15H,14H2,1-4H3,(H,28,31)(H,32,33). The summed E-state index contributed by atoms with van der Waals surface area (Å²) >= 11 is 0. The average molecular weight is 443 g/mol. The van der Waals surface area contributed by atoms with Gasteiger partial charge in [-0.1, -0.05) is 45.0 Å². The molecule has 168 valence electrons. The van der Waals surface area contributed by atoms with Gasteiger partial charge in [0.25, 0.3) is 5.91 Å². The van der Waals surface area contributed by atoms with E-state index in [4.69, 9.17) is 0 Å². The van der Waals surface area contributed by atoms with Gasteiger partial charge >= 0.3 is 5.97 Å². The maximum Gasteiger partial charge on any atom is 0.335 e. The molecule has 0 aliphatic carbocycles. The highest BCUT2D eigenvalue weighted by Crippen LogP contribution is 2.31. The van der Waals surface area contributed by atoms with E-state index in [0.717, 1.165) is 33.2 Å². The SMILES string of the molecule is Cn1nc(C(C)(C)C)cc1C(=O)NCc1ccc(-c2cccc(C(=O)O)c2)c2ccncc12. The first kappa shape index (κ1) is 22.2. The molecule has 4 rings (SSSR count). The number of pyridine rings is 1. The van der Waals surface area contributed by atoms with Crippen LogP contribution in [-0.2, 0) is 19.0 Å². The number of carbonyl (C=O) groups is 2.